The molecule has 0 aliphatic rings. The summed E-state index contributed by atoms with van der Waals surface area (Å²) in [4.78, 5) is 0. The SMILES string of the molecule is OC(F)=C(O)C(O)(O)O. The Labute approximate surface area is 48.9 Å². The molecule has 0 saturated heterocycles. The molecule has 0 saturated carbocycles. The number of aliphatic hydroxyl groups is 5. The van der Waals surface area contributed by atoms with Gasteiger partial charge in [0, 0.05) is 0 Å². The third-order valence-electron chi connectivity index (χ3n) is 0.513. The van der Waals surface area contributed by atoms with Crippen molar-refractivity contribution in [1.29, 1.82) is 0 Å². The highest BCUT2D eigenvalue weighted by Gasteiger charge is 2.29. The molecule has 0 spiro atoms. The fourth-order valence-corrected chi connectivity index (χ4v) is 0.138. The molecule has 0 unspecified atom stereocenters. The maximum Gasteiger partial charge on any atom is 0.344 e. The van der Waals surface area contributed by atoms with E-state index in [9.17, 15) is 4.39 Å². The van der Waals surface area contributed by atoms with Crippen LogP contribution >= 0.6 is 0 Å². The van der Waals surface area contributed by atoms with E-state index in [0.717, 1.165) is 0 Å². The monoisotopic (exact) mass is 140 g/mol. The first kappa shape index (κ1) is 8.15. The third-order valence-corrected chi connectivity index (χ3v) is 0.513. The third kappa shape index (κ3) is 2.27. The molecule has 0 atom stereocenters. The van der Waals surface area contributed by atoms with Crippen molar-refractivity contribution in [2.45, 2.75) is 5.97 Å². The second-order valence-electron chi connectivity index (χ2n) is 1.27. The summed E-state index contributed by atoms with van der Waals surface area (Å²) in [5, 5.41) is 39.2. The van der Waals surface area contributed by atoms with Crippen LogP contribution in [0.5, 0.6) is 0 Å². The van der Waals surface area contributed by atoms with Gasteiger partial charge in [-0.25, -0.2) is 0 Å². The molecule has 0 aromatic carbocycles. The Bertz CT molecular complexity index is 130. The first-order chi connectivity index (χ1) is 3.85. The van der Waals surface area contributed by atoms with E-state index in [1.165, 1.54) is 0 Å². The van der Waals surface area contributed by atoms with Gasteiger partial charge in [-0.05, 0) is 0 Å². The lowest BCUT2D eigenvalue weighted by Gasteiger charge is -2.10. The van der Waals surface area contributed by atoms with Crippen LogP contribution in [0.2, 0.25) is 0 Å². The molecule has 0 aliphatic heterocycles. The average molecular weight is 140 g/mol. The van der Waals surface area contributed by atoms with E-state index in [-0.39, 0.29) is 0 Å². The zero-order chi connectivity index (χ0) is 7.65. The van der Waals surface area contributed by atoms with Crippen LogP contribution < -0.4 is 0 Å². The van der Waals surface area contributed by atoms with Crippen molar-refractivity contribution in [3.05, 3.63) is 11.8 Å². The van der Waals surface area contributed by atoms with Crippen molar-refractivity contribution in [3.63, 3.8) is 0 Å². The summed E-state index contributed by atoms with van der Waals surface area (Å²) in [6.45, 7) is 0. The number of hydrogen-bond acceptors (Lipinski definition) is 5. The van der Waals surface area contributed by atoms with E-state index in [2.05, 4.69) is 0 Å². The Kier molecular flexibility index (Phi) is 1.97. The fraction of sp³-hybridized carbons (Fsp3) is 0.333. The van der Waals surface area contributed by atoms with Gasteiger partial charge in [0.1, 0.15) is 0 Å². The molecule has 0 heterocycles. The van der Waals surface area contributed by atoms with Gasteiger partial charge in [0.05, 0.1) is 0 Å². The molecular weight excluding hydrogens is 135 g/mol. The minimum Gasteiger partial charge on any atom is -0.501 e. The van der Waals surface area contributed by atoms with Gasteiger partial charge >= 0.3 is 12.0 Å². The Morgan fingerprint density at radius 3 is 1.44 bits per heavy atom. The Morgan fingerprint density at radius 2 is 1.44 bits per heavy atom. The van der Waals surface area contributed by atoms with Gasteiger partial charge in [-0.3, -0.25) is 0 Å². The second kappa shape index (κ2) is 2.18. The van der Waals surface area contributed by atoms with Crippen LogP contribution in [-0.2, 0) is 0 Å². The van der Waals surface area contributed by atoms with Crippen LogP contribution in [0.4, 0.5) is 4.39 Å². The van der Waals surface area contributed by atoms with Gasteiger partial charge < -0.3 is 25.5 Å². The summed E-state index contributed by atoms with van der Waals surface area (Å²) in [6, 6.07) is -2.25. The summed E-state index contributed by atoms with van der Waals surface area (Å²) in [5.41, 5.74) is 0. The van der Waals surface area contributed by atoms with Gasteiger partial charge in [-0.2, -0.15) is 4.39 Å². The Morgan fingerprint density at radius 1 is 1.11 bits per heavy atom. The molecule has 6 heteroatoms. The van der Waals surface area contributed by atoms with Crippen LogP contribution in [0, 0.1) is 0 Å². The number of hydrogen-bond donors (Lipinski definition) is 5. The van der Waals surface area contributed by atoms with Gasteiger partial charge in [0.15, 0.2) is 0 Å². The van der Waals surface area contributed by atoms with Crippen molar-refractivity contribution in [2.24, 2.45) is 0 Å². The second-order valence-corrected chi connectivity index (χ2v) is 1.27. The average Bonchev–Trinajstić information content (AvgIpc) is 1.62. The van der Waals surface area contributed by atoms with E-state index < -0.39 is 17.7 Å². The first-order valence-electron chi connectivity index (χ1n) is 1.81. The standard InChI is InChI=1S/C3H5FO5/c4-2(6)1(5)3(7,8)9/h5-9H. The highest BCUT2D eigenvalue weighted by atomic mass is 19.1. The zero-order valence-electron chi connectivity index (χ0n) is 4.11. The van der Waals surface area contributed by atoms with Gasteiger partial charge in [0.25, 0.3) is 5.76 Å². The molecule has 0 amide bonds. The topological polar surface area (TPSA) is 101 Å². The molecule has 0 bridgehead atoms. The number of aliphatic hydroxyl groups excluding tert-OH is 2. The Hall–Kier alpha value is -0.850. The Balaban J connectivity index is 4.40. The predicted molar refractivity (Wildman–Crippen MR) is 22.8 cm³/mol. The van der Waals surface area contributed by atoms with Crippen LogP contribution in [0.1, 0.15) is 0 Å². The zero-order valence-corrected chi connectivity index (χ0v) is 4.11. The predicted octanol–water partition coefficient (Wildman–Crippen LogP) is -1.13. The molecule has 54 valence electrons. The van der Waals surface area contributed by atoms with E-state index in [0.29, 0.717) is 0 Å². The molecule has 0 aromatic heterocycles. The van der Waals surface area contributed by atoms with Crippen LogP contribution in [0.15, 0.2) is 11.8 Å². The lowest BCUT2D eigenvalue weighted by Crippen LogP contribution is -2.30. The minimum atomic E-state index is -3.71. The van der Waals surface area contributed by atoms with Crippen molar-refractivity contribution in [1.82, 2.24) is 0 Å². The van der Waals surface area contributed by atoms with Crippen molar-refractivity contribution in [2.75, 3.05) is 0 Å². The van der Waals surface area contributed by atoms with Crippen LogP contribution in [0.3, 0.4) is 0 Å². The minimum absolute atomic E-state index is 1.94. The van der Waals surface area contributed by atoms with Crippen LogP contribution in [0.25, 0.3) is 0 Å². The molecule has 0 aromatic rings. The van der Waals surface area contributed by atoms with E-state index in [4.69, 9.17) is 25.5 Å². The van der Waals surface area contributed by atoms with Crippen molar-refractivity contribution < 1.29 is 29.9 Å². The highest BCUT2D eigenvalue weighted by Crippen LogP contribution is 2.09. The quantitative estimate of drug-likeness (QED) is 0.234. The molecule has 9 heavy (non-hydrogen) atoms. The summed E-state index contributed by atoms with van der Waals surface area (Å²) >= 11 is 0. The van der Waals surface area contributed by atoms with Gasteiger partial charge in [-0.1, -0.05) is 0 Å². The number of halogens is 1. The fourth-order valence-electron chi connectivity index (χ4n) is 0.138. The molecule has 5 N–H and O–H groups in total. The maximum absolute atomic E-state index is 11.3. The summed E-state index contributed by atoms with van der Waals surface area (Å²) in [6.07, 6.45) is 0. The molecular formula is C3H5FO5. The molecule has 0 radical (unpaired) electrons. The lowest BCUT2D eigenvalue weighted by atomic mass is 10.5. The molecule has 5 nitrogen and oxygen atoms in total. The lowest BCUT2D eigenvalue weighted by molar-refractivity contribution is -0.301. The molecule has 0 fully saturated rings. The van der Waals surface area contributed by atoms with Crippen molar-refractivity contribution >= 4 is 0 Å². The highest BCUT2D eigenvalue weighted by molar-refractivity contribution is 4.96. The van der Waals surface area contributed by atoms with Crippen molar-refractivity contribution in [3.8, 4) is 0 Å². The largest absolute Gasteiger partial charge is 0.501 e. The smallest absolute Gasteiger partial charge is 0.344 e. The number of rotatable bonds is 1. The maximum atomic E-state index is 11.3. The van der Waals surface area contributed by atoms with Gasteiger partial charge in [0.2, 0.25) is 0 Å². The van der Waals surface area contributed by atoms with Crippen LogP contribution in [-0.4, -0.2) is 31.5 Å². The molecule has 0 aliphatic carbocycles. The summed E-state index contributed by atoms with van der Waals surface area (Å²) in [5.74, 6) is -5.65. The normalized spacial score (nSPS) is 15.1. The van der Waals surface area contributed by atoms with E-state index >= 15 is 0 Å². The molecule has 0 rings (SSSR count). The summed E-state index contributed by atoms with van der Waals surface area (Å²) in [7, 11) is 0. The van der Waals surface area contributed by atoms with Gasteiger partial charge in [-0.15, -0.1) is 0 Å². The van der Waals surface area contributed by atoms with E-state index in [1.807, 2.05) is 0 Å². The summed E-state index contributed by atoms with van der Waals surface area (Å²) < 4.78 is 11.3. The van der Waals surface area contributed by atoms with E-state index in [1.54, 1.807) is 0 Å². The first-order valence-corrected chi connectivity index (χ1v) is 1.81.